The van der Waals surface area contributed by atoms with Gasteiger partial charge in [-0.1, -0.05) is 30.3 Å². The molecule has 4 heteroatoms. The SMILES string of the molecule is O=C(N[C@H]1CC[C@H](CF)C1)OCc1ccccc1. The molecule has 0 saturated heterocycles. The van der Waals surface area contributed by atoms with Gasteiger partial charge in [0.25, 0.3) is 0 Å². The summed E-state index contributed by atoms with van der Waals surface area (Å²) in [6.45, 7) is -0.0246. The minimum Gasteiger partial charge on any atom is -0.445 e. The third-order valence-electron chi connectivity index (χ3n) is 3.29. The second-order valence-electron chi connectivity index (χ2n) is 4.74. The third kappa shape index (κ3) is 3.72. The van der Waals surface area contributed by atoms with Crippen molar-refractivity contribution < 1.29 is 13.9 Å². The van der Waals surface area contributed by atoms with Gasteiger partial charge in [-0.2, -0.15) is 0 Å². The number of carbonyl (C=O) groups is 1. The van der Waals surface area contributed by atoms with Crippen LogP contribution in [-0.2, 0) is 11.3 Å². The maximum absolute atomic E-state index is 12.4. The fraction of sp³-hybridized carbons (Fsp3) is 0.500. The highest BCUT2D eigenvalue weighted by atomic mass is 19.1. The summed E-state index contributed by atoms with van der Waals surface area (Å²) in [5.41, 5.74) is 0.959. The lowest BCUT2D eigenvalue weighted by molar-refractivity contribution is 0.135. The van der Waals surface area contributed by atoms with E-state index in [4.69, 9.17) is 4.74 Å². The molecule has 0 radical (unpaired) electrons. The molecule has 0 bridgehead atoms. The summed E-state index contributed by atoms with van der Waals surface area (Å²) < 4.78 is 17.5. The van der Waals surface area contributed by atoms with E-state index in [1.165, 1.54) is 0 Å². The van der Waals surface area contributed by atoms with Gasteiger partial charge in [0.1, 0.15) is 6.61 Å². The zero-order valence-electron chi connectivity index (χ0n) is 10.3. The Labute approximate surface area is 106 Å². The van der Waals surface area contributed by atoms with Gasteiger partial charge in [-0.15, -0.1) is 0 Å². The Hall–Kier alpha value is -1.58. The largest absolute Gasteiger partial charge is 0.445 e. The highest BCUT2D eigenvalue weighted by molar-refractivity contribution is 5.67. The fourth-order valence-electron chi connectivity index (χ4n) is 2.28. The average Bonchev–Trinajstić information content (AvgIpc) is 2.85. The fourth-order valence-corrected chi connectivity index (χ4v) is 2.28. The molecule has 0 aromatic heterocycles. The van der Waals surface area contributed by atoms with Gasteiger partial charge in [-0.05, 0) is 30.7 Å². The van der Waals surface area contributed by atoms with Crippen LogP contribution in [0, 0.1) is 5.92 Å². The summed E-state index contributed by atoms with van der Waals surface area (Å²) in [6.07, 6.45) is 2.00. The minimum atomic E-state index is -0.414. The Balaban J connectivity index is 1.70. The standard InChI is InChI=1S/C14H18FNO2/c15-9-12-6-7-13(8-12)16-14(17)18-10-11-4-2-1-3-5-11/h1-5,12-13H,6-10H2,(H,16,17)/t12-,13-/m0/s1. The topological polar surface area (TPSA) is 38.3 Å². The molecule has 0 aliphatic heterocycles. The first kappa shape index (κ1) is 12.9. The molecule has 1 aromatic carbocycles. The zero-order chi connectivity index (χ0) is 12.8. The van der Waals surface area contributed by atoms with Crippen molar-refractivity contribution >= 4 is 6.09 Å². The molecule has 0 unspecified atom stereocenters. The number of nitrogens with one attached hydrogen (secondary N) is 1. The van der Waals surface area contributed by atoms with E-state index in [9.17, 15) is 9.18 Å². The summed E-state index contributed by atoms with van der Waals surface area (Å²) in [6, 6.07) is 9.59. The van der Waals surface area contributed by atoms with E-state index in [1.807, 2.05) is 30.3 Å². The number of halogens is 1. The first-order chi connectivity index (χ1) is 8.78. The van der Waals surface area contributed by atoms with Crippen LogP contribution in [0.2, 0.25) is 0 Å². The van der Waals surface area contributed by atoms with Gasteiger partial charge in [0.15, 0.2) is 0 Å². The molecule has 1 aliphatic carbocycles. The van der Waals surface area contributed by atoms with E-state index in [-0.39, 0.29) is 25.2 Å². The first-order valence-corrected chi connectivity index (χ1v) is 6.31. The second kappa shape index (κ2) is 6.38. The molecule has 1 fully saturated rings. The molecular weight excluding hydrogens is 233 g/mol. The van der Waals surface area contributed by atoms with Crippen molar-refractivity contribution in [3.05, 3.63) is 35.9 Å². The monoisotopic (exact) mass is 251 g/mol. The van der Waals surface area contributed by atoms with Crippen LogP contribution < -0.4 is 5.32 Å². The second-order valence-corrected chi connectivity index (χ2v) is 4.74. The number of hydrogen-bond acceptors (Lipinski definition) is 2. The average molecular weight is 251 g/mol. The Morgan fingerprint density at radius 2 is 2.11 bits per heavy atom. The molecule has 1 saturated carbocycles. The van der Waals surface area contributed by atoms with E-state index in [2.05, 4.69) is 5.32 Å². The lowest BCUT2D eigenvalue weighted by Gasteiger charge is -2.12. The third-order valence-corrected chi connectivity index (χ3v) is 3.29. The Bertz CT molecular complexity index is 383. The van der Waals surface area contributed by atoms with Crippen molar-refractivity contribution in [1.29, 1.82) is 0 Å². The predicted octanol–water partition coefficient (Wildman–Crippen LogP) is 3.05. The summed E-state index contributed by atoms with van der Waals surface area (Å²) in [7, 11) is 0. The first-order valence-electron chi connectivity index (χ1n) is 6.31. The highest BCUT2D eigenvalue weighted by Crippen LogP contribution is 2.25. The highest BCUT2D eigenvalue weighted by Gasteiger charge is 2.25. The van der Waals surface area contributed by atoms with Crippen LogP contribution in [0.25, 0.3) is 0 Å². The molecule has 1 aliphatic rings. The number of carbonyl (C=O) groups excluding carboxylic acids is 1. The van der Waals surface area contributed by atoms with Gasteiger partial charge in [-0.3, -0.25) is 4.39 Å². The molecule has 2 rings (SSSR count). The van der Waals surface area contributed by atoms with Gasteiger partial charge in [0.05, 0.1) is 6.67 Å². The normalized spacial score (nSPS) is 22.7. The molecule has 1 N–H and O–H groups in total. The van der Waals surface area contributed by atoms with E-state index in [0.29, 0.717) is 0 Å². The molecular formula is C14H18FNO2. The van der Waals surface area contributed by atoms with E-state index < -0.39 is 6.09 Å². The van der Waals surface area contributed by atoms with Crippen molar-refractivity contribution in [3.63, 3.8) is 0 Å². The molecule has 1 aromatic rings. The van der Waals surface area contributed by atoms with Crippen LogP contribution in [-0.4, -0.2) is 18.8 Å². The molecule has 1 amide bonds. The summed E-state index contributed by atoms with van der Waals surface area (Å²) in [4.78, 5) is 11.5. The lowest BCUT2D eigenvalue weighted by atomic mass is 10.1. The molecule has 2 atom stereocenters. The van der Waals surface area contributed by atoms with Crippen molar-refractivity contribution in [2.45, 2.75) is 31.9 Å². The van der Waals surface area contributed by atoms with Crippen molar-refractivity contribution in [2.24, 2.45) is 5.92 Å². The zero-order valence-corrected chi connectivity index (χ0v) is 10.3. The molecule has 3 nitrogen and oxygen atoms in total. The molecule has 0 heterocycles. The number of benzene rings is 1. The number of amides is 1. The molecule has 18 heavy (non-hydrogen) atoms. The van der Waals surface area contributed by atoms with Crippen molar-refractivity contribution in [3.8, 4) is 0 Å². The minimum absolute atomic E-state index is 0.0639. The number of alkyl halides is 1. The maximum Gasteiger partial charge on any atom is 0.407 e. The van der Waals surface area contributed by atoms with E-state index in [1.54, 1.807) is 0 Å². The number of hydrogen-bond donors (Lipinski definition) is 1. The van der Waals surface area contributed by atoms with Crippen molar-refractivity contribution in [1.82, 2.24) is 5.32 Å². The van der Waals surface area contributed by atoms with E-state index in [0.717, 1.165) is 24.8 Å². The van der Waals surface area contributed by atoms with Crippen molar-refractivity contribution in [2.75, 3.05) is 6.67 Å². The maximum atomic E-state index is 12.4. The smallest absolute Gasteiger partial charge is 0.407 e. The van der Waals surface area contributed by atoms with Crippen LogP contribution >= 0.6 is 0 Å². The summed E-state index contributed by atoms with van der Waals surface area (Å²) >= 11 is 0. The van der Waals surface area contributed by atoms with Gasteiger partial charge in [-0.25, -0.2) is 4.79 Å². The molecule has 98 valence electrons. The quantitative estimate of drug-likeness (QED) is 0.893. The summed E-state index contributed by atoms with van der Waals surface area (Å²) in [5, 5.41) is 2.79. The van der Waals surface area contributed by atoms with Crippen LogP contribution in [0.5, 0.6) is 0 Å². The van der Waals surface area contributed by atoms with E-state index >= 15 is 0 Å². The van der Waals surface area contributed by atoms with Gasteiger partial charge in [0, 0.05) is 6.04 Å². The van der Waals surface area contributed by atoms with Crippen LogP contribution in [0.3, 0.4) is 0 Å². The van der Waals surface area contributed by atoms with Gasteiger partial charge in [0.2, 0.25) is 0 Å². The van der Waals surface area contributed by atoms with Crippen LogP contribution in [0.4, 0.5) is 9.18 Å². The van der Waals surface area contributed by atoms with Gasteiger partial charge < -0.3 is 10.1 Å². The summed E-state index contributed by atoms with van der Waals surface area (Å²) in [5.74, 6) is 0.101. The Morgan fingerprint density at radius 3 is 2.78 bits per heavy atom. The van der Waals surface area contributed by atoms with Crippen LogP contribution in [0.1, 0.15) is 24.8 Å². The van der Waals surface area contributed by atoms with Crippen LogP contribution in [0.15, 0.2) is 30.3 Å². The number of ether oxygens (including phenoxy) is 1. The number of rotatable bonds is 4. The Morgan fingerprint density at radius 1 is 1.33 bits per heavy atom. The predicted molar refractivity (Wildman–Crippen MR) is 66.9 cm³/mol. The Kier molecular flexibility index (Phi) is 4.56. The number of alkyl carbamates (subject to hydrolysis) is 1. The lowest BCUT2D eigenvalue weighted by Crippen LogP contribution is -2.33. The molecule has 0 spiro atoms. The van der Waals surface area contributed by atoms with Gasteiger partial charge >= 0.3 is 6.09 Å².